The molecule has 0 bridgehead atoms. The Labute approximate surface area is 182 Å². The highest BCUT2D eigenvalue weighted by Gasteiger charge is 2.20. The second kappa shape index (κ2) is 14.2. The van der Waals surface area contributed by atoms with E-state index in [1.165, 1.54) is 38.0 Å². The molecule has 6 heteroatoms. The Morgan fingerprint density at radius 3 is 2.74 bits per heavy atom. The van der Waals surface area contributed by atoms with Crippen LogP contribution in [0.5, 0.6) is 0 Å². The van der Waals surface area contributed by atoms with Gasteiger partial charge >= 0.3 is 0 Å². The summed E-state index contributed by atoms with van der Waals surface area (Å²) in [6.07, 6.45) is 2.61. The summed E-state index contributed by atoms with van der Waals surface area (Å²) in [5.41, 5.74) is 1.21. The zero-order valence-corrected chi connectivity index (χ0v) is 19.4. The first kappa shape index (κ1) is 24.2. The SMILES string of the molecule is CN=C(NCCOCc1ccccc1)NCC1CCCN(CC(C)C)C1.I. The Kier molecular flexibility index (Phi) is 12.7. The van der Waals surface area contributed by atoms with Crippen molar-refractivity contribution in [2.45, 2.75) is 33.3 Å². The number of aliphatic imine (C=N–C) groups is 1. The maximum atomic E-state index is 5.71. The maximum Gasteiger partial charge on any atom is 0.191 e. The number of piperidine rings is 1. The quantitative estimate of drug-likeness (QED) is 0.242. The van der Waals surface area contributed by atoms with E-state index < -0.39 is 0 Å². The monoisotopic (exact) mass is 488 g/mol. The van der Waals surface area contributed by atoms with E-state index in [0.717, 1.165) is 25.0 Å². The van der Waals surface area contributed by atoms with Gasteiger partial charge in [0.1, 0.15) is 0 Å². The molecule has 1 aromatic rings. The largest absolute Gasteiger partial charge is 0.375 e. The molecule has 1 aliphatic heterocycles. The number of hydrogen-bond acceptors (Lipinski definition) is 3. The highest BCUT2D eigenvalue weighted by Crippen LogP contribution is 2.16. The van der Waals surface area contributed by atoms with Crippen LogP contribution in [0.2, 0.25) is 0 Å². The summed E-state index contributed by atoms with van der Waals surface area (Å²) in [4.78, 5) is 6.93. The molecule has 2 N–H and O–H groups in total. The second-order valence-electron chi connectivity index (χ2n) is 7.58. The minimum Gasteiger partial charge on any atom is -0.375 e. The predicted octanol–water partition coefficient (Wildman–Crippen LogP) is 3.35. The molecule has 1 fully saturated rings. The van der Waals surface area contributed by atoms with Gasteiger partial charge in [0.15, 0.2) is 5.96 Å². The standard InChI is InChI=1S/C21H36N4O.HI/c1-18(2)15-25-12-7-10-20(16-25)14-24-21(22-3)23-11-13-26-17-19-8-5-4-6-9-19;/h4-6,8-9,18,20H,7,10-17H2,1-3H3,(H2,22,23,24);1H. The summed E-state index contributed by atoms with van der Waals surface area (Å²) >= 11 is 0. The zero-order valence-electron chi connectivity index (χ0n) is 17.1. The molecule has 0 aliphatic carbocycles. The van der Waals surface area contributed by atoms with Crippen molar-refractivity contribution in [3.8, 4) is 0 Å². The number of nitrogens with zero attached hydrogens (tertiary/aromatic N) is 2. The molecule has 0 saturated carbocycles. The van der Waals surface area contributed by atoms with Crippen molar-refractivity contribution in [3.05, 3.63) is 35.9 Å². The molecule has 0 spiro atoms. The lowest BCUT2D eigenvalue weighted by Gasteiger charge is -2.34. The summed E-state index contributed by atoms with van der Waals surface area (Å²) in [6, 6.07) is 10.3. The van der Waals surface area contributed by atoms with Crippen LogP contribution in [0.15, 0.2) is 35.3 Å². The van der Waals surface area contributed by atoms with E-state index in [1.54, 1.807) is 0 Å². The number of guanidine groups is 1. The lowest BCUT2D eigenvalue weighted by Crippen LogP contribution is -2.45. The van der Waals surface area contributed by atoms with E-state index in [0.29, 0.717) is 19.1 Å². The van der Waals surface area contributed by atoms with Gasteiger partial charge in [-0.25, -0.2) is 0 Å². The Bertz CT molecular complexity index is 524. The third-order valence-electron chi connectivity index (χ3n) is 4.66. The Hall–Kier alpha value is -0.860. The van der Waals surface area contributed by atoms with Crippen LogP contribution in [0.1, 0.15) is 32.3 Å². The number of halogens is 1. The number of likely N-dealkylation sites (tertiary alicyclic amines) is 1. The molecule has 1 saturated heterocycles. The molecular formula is C21H37IN4O. The van der Waals surface area contributed by atoms with Gasteiger partial charge in [0, 0.05) is 33.2 Å². The van der Waals surface area contributed by atoms with Gasteiger partial charge in [-0.05, 0) is 36.8 Å². The first-order chi connectivity index (χ1) is 12.7. The zero-order chi connectivity index (χ0) is 18.6. The molecule has 154 valence electrons. The van der Waals surface area contributed by atoms with Crippen LogP contribution in [-0.4, -0.2) is 57.2 Å². The highest BCUT2D eigenvalue weighted by molar-refractivity contribution is 14.0. The Morgan fingerprint density at radius 1 is 1.26 bits per heavy atom. The number of rotatable bonds is 9. The van der Waals surface area contributed by atoms with Crippen molar-refractivity contribution in [1.29, 1.82) is 0 Å². The fourth-order valence-corrected chi connectivity index (χ4v) is 3.47. The van der Waals surface area contributed by atoms with E-state index in [4.69, 9.17) is 4.74 Å². The molecule has 1 aromatic carbocycles. The smallest absolute Gasteiger partial charge is 0.191 e. The third-order valence-corrected chi connectivity index (χ3v) is 4.66. The molecule has 1 unspecified atom stereocenters. The van der Waals surface area contributed by atoms with Gasteiger partial charge in [-0.2, -0.15) is 0 Å². The number of ether oxygens (including phenoxy) is 1. The molecule has 0 radical (unpaired) electrons. The first-order valence-electron chi connectivity index (χ1n) is 9.96. The van der Waals surface area contributed by atoms with E-state index in [-0.39, 0.29) is 24.0 Å². The molecule has 5 nitrogen and oxygen atoms in total. The maximum absolute atomic E-state index is 5.71. The average Bonchev–Trinajstić information content (AvgIpc) is 2.64. The normalized spacial score (nSPS) is 18.2. The lowest BCUT2D eigenvalue weighted by molar-refractivity contribution is 0.125. The molecule has 2 rings (SSSR count). The first-order valence-corrected chi connectivity index (χ1v) is 9.96. The molecule has 0 aromatic heterocycles. The summed E-state index contributed by atoms with van der Waals surface area (Å²) < 4.78 is 5.71. The van der Waals surface area contributed by atoms with Crippen molar-refractivity contribution in [3.63, 3.8) is 0 Å². The average molecular weight is 488 g/mol. The van der Waals surface area contributed by atoms with E-state index in [1.807, 2.05) is 25.2 Å². The highest BCUT2D eigenvalue weighted by atomic mass is 127. The third kappa shape index (κ3) is 10.3. The fraction of sp³-hybridized carbons (Fsp3) is 0.667. The van der Waals surface area contributed by atoms with Gasteiger partial charge < -0.3 is 20.3 Å². The lowest BCUT2D eigenvalue weighted by atomic mass is 9.97. The summed E-state index contributed by atoms with van der Waals surface area (Å²) in [7, 11) is 1.83. The Balaban J connectivity index is 0.00000364. The van der Waals surface area contributed by atoms with Gasteiger partial charge in [-0.1, -0.05) is 44.2 Å². The van der Waals surface area contributed by atoms with Crippen LogP contribution < -0.4 is 10.6 Å². The molecular weight excluding hydrogens is 451 g/mol. The van der Waals surface area contributed by atoms with Gasteiger partial charge in [-0.15, -0.1) is 24.0 Å². The summed E-state index contributed by atoms with van der Waals surface area (Å²) in [5.74, 6) is 2.32. The van der Waals surface area contributed by atoms with Crippen LogP contribution in [0, 0.1) is 11.8 Å². The van der Waals surface area contributed by atoms with Gasteiger partial charge in [0.25, 0.3) is 0 Å². The number of nitrogens with one attached hydrogen (secondary N) is 2. The van der Waals surface area contributed by atoms with Gasteiger partial charge in [0.05, 0.1) is 13.2 Å². The van der Waals surface area contributed by atoms with E-state index in [2.05, 4.69) is 46.5 Å². The predicted molar refractivity (Wildman–Crippen MR) is 125 cm³/mol. The van der Waals surface area contributed by atoms with Crippen LogP contribution >= 0.6 is 24.0 Å². The van der Waals surface area contributed by atoms with Crippen molar-refractivity contribution < 1.29 is 4.74 Å². The molecule has 1 atom stereocenters. The topological polar surface area (TPSA) is 48.9 Å². The molecule has 27 heavy (non-hydrogen) atoms. The van der Waals surface area contributed by atoms with Crippen molar-refractivity contribution in [2.24, 2.45) is 16.8 Å². The van der Waals surface area contributed by atoms with Crippen molar-refractivity contribution in [1.82, 2.24) is 15.5 Å². The van der Waals surface area contributed by atoms with Crippen LogP contribution in [0.4, 0.5) is 0 Å². The minimum atomic E-state index is 0. The van der Waals surface area contributed by atoms with E-state index >= 15 is 0 Å². The Morgan fingerprint density at radius 2 is 2.04 bits per heavy atom. The number of hydrogen-bond donors (Lipinski definition) is 2. The van der Waals surface area contributed by atoms with E-state index in [9.17, 15) is 0 Å². The molecule has 0 amide bonds. The molecule has 1 aliphatic rings. The van der Waals surface area contributed by atoms with Gasteiger partial charge in [0.2, 0.25) is 0 Å². The minimum absolute atomic E-state index is 0. The fourth-order valence-electron chi connectivity index (χ4n) is 3.47. The van der Waals surface area contributed by atoms with Crippen molar-refractivity contribution >= 4 is 29.9 Å². The molecule has 1 heterocycles. The van der Waals surface area contributed by atoms with Crippen LogP contribution in [0.3, 0.4) is 0 Å². The van der Waals surface area contributed by atoms with Crippen LogP contribution in [-0.2, 0) is 11.3 Å². The van der Waals surface area contributed by atoms with Crippen LogP contribution in [0.25, 0.3) is 0 Å². The summed E-state index contributed by atoms with van der Waals surface area (Å²) in [5, 5.41) is 6.82. The van der Waals surface area contributed by atoms with Crippen molar-refractivity contribution in [2.75, 3.05) is 46.4 Å². The second-order valence-corrected chi connectivity index (χ2v) is 7.58. The van der Waals surface area contributed by atoms with Gasteiger partial charge in [-0.3, -0.25) is 4.99 Å². The summed E-state index contributed by atoms with van der Waals surface area (Å²) in [6.45, 7) is 11.3. The number of benzene rings is 1.